The molecule has 0 aliphatic heterocycles. The monoisotopic (exact) mass is 229 g/mol. The van der Waals surface area contributed by atoms with E-state index in [4.69, 9.17) is 5.73 Å². The van der Waals surface area contributed by atoms with Gasteiger partial charge in [-0.25, -0.2) is 0 Å². The summed E-state index contributed by atoms with van der Waals surface area (Å²) in [5.74, 6) is 0. The van der Waals surface area contributed by atoms with Gasteiger partial charge in [0.15, 0.2) is 0 Å². The summed E-state index contributed by atoms with van der Waals surface area (Å²) in [5, 5.41) is 0. The number of benzene rings is 1. The second-order valence-corrected chi connectivity index (χ2v) is 4.75. The largest absolute Gasteiger partial charge is 0.416 e. The van der Waals surface area contributed by atoms with E-state index >= 15 is 0 Å². The first kappa shape index (κ1) is 11.5. The van der Waals surface area contributed by atoms with Crippen LogP contribution in [0.1, 0.15) is 36.9 Å². The van der Waals surface area contributed by atoms with Crippen molar-refractivity contribution in [3.05, 3.63) is 35.4 Å². The van der Waals surface area contributed by atoms with Crippen molar-refractivity contribution in [2.45, 2.75) is 32.0 Å². The molecule has 4 heteroatoms. The van der Waals surface area contributed by atoms with Gasteiger partial charge in [0.25, 0.3) is 0 Å². The zero-order chi connectivity index (χ0) is 12.0. The Morgan fingerprint density at radius 2 is 1.94 bits per heavy atom. The van der Waals surface area contributed by atoms with Crippen molar-refractivity contribution in [1.82, 2.24) is 0 Å². The van der Waals surface area contributed by atoms with Crippen molar-refractivity contribution in [1.29, 1.82) is 0 Å². The highest BCUT2D eigenvalue weighted by Gasteiger charge is 2.44. The van der Waals surface area contributed by atoms with Crippen LogP contribution in [-0.4, -0.2) is 0 Å². The lowest BCUT2D eigenvalue weighted by atomic mass is 9.92. The normalized spacial score (nSPS) is 20.6. The van der Waals surface area contributed by atoms with Crippen molar-refractivity contribution in [2.75, 3.05) is 0 Å². The van der Waals surface area contributed by atoms with E-state index < -0.39 is 11.7 Å². The molecule has 1 atom stereocenters. The van der Waals surface area contributed by atoms with Gasteiger partial charge in [0.1, 0.15) is 0 Å². The van der Waals surface area contributed by atoms with Crippen LogP contribution in [0.5, 0.6) is 0 Å². The number of hydrogen-bond donors (Lipinski definition) is 1. The van der Waals surface area contributed by atoms with E-state index in [9.17, 15) is 13.2 Å². The minimum Gasteiger partial charge on any atom is -0.323 e. The van der Waals surface area contributed by atoms with Gasteiger partial charge in [-0.3, -0.25) is 0 Å². The molecule has 0 spiro atoms. The fourth-order valence-corrected chi connectivity index (χ4v) is 1.82. The maximum Gasteiger partial charge on any atom is 0.416 e. The maximum absolute atomic E-state index is 12.5. The zero-order valence-corrected chi connectivity index (χ0v) is 9.01. The molecular weight excluding hydrogens is 215 g/mol. The SMILES string of the molecule is CC1(C(N)c2cccc(C(F)(F)F)c2)CC1. The Bertz CT molecular complexity index is 393. The van der Waals surface area contributed by atoms with Crippen LogP contribution in [-0.2, 0) is 6.18 Å². The summed E-state index contributed by atoms with van der Waals surface area (Å²) >= 11 is 0. The maximum atomic E-state index is 12.5. The molecule has 0 saturated heterocycles. The van der Waals surface area contributed by atoms with Crippen molar-refractivity contribution >= 4 is 0 Å². The zero-order valence-electron chi connectivity index (χ0n) is 9.01. The first-order valence-electron chi connectivity index (χ1n) is 5.26. The summed E-state index contributed by atoms with van der Waals surface area (Å²) in [4.78, 5) is 0. The molecule has 1 aromatic carbocycles. The summed E-state index contributed by atoms with van der Waals surface area (Å²) in [7, 11) is 0. The van der Waals surface area contributed by atoms with E-state index in [1.165, 1.54) is 6.07 Å². The molecule has 1 nitrogen and oxygen atoms in total. The quantitative estimate of drug-likeness (QED) is 0.825. The lowest BCUT2D eigenvalue weighted by Gasteiger charge is -2.20. The molecular formula is C12H14F3N. The van der Waals surface area contributed by atoms with E-state index in [1.54, 1.807) is 6.07 Å². The second-order valence-electron chi connectivity index (χ2n) is 4.75. The summed E-state index contributed by atoms with van der Waals surface area (Å²) in [6, 6.07) is 5.03. The Morgan fingerprint density at radius 3 is 2.44 bits per heavy atom. The Hall–Kier alpha value is -1.03. The lowest BCUT2D eigenvalue weighted by Crippen LogP contribution is -2.20. The molecule has 1 unspecified atom stereocenters. The van der Waals surface area contributed by atoms with Crippen LogP contribution in [0.15, 0.2) is 24.3 Å². The molecule has 0 amide bonds. The molecule has 0 aromatic heterocycles. The minimum atomic E-state index is -4.29. The minimum absolute atomic E-state index is 0.00970. The molecule has 0 radical (unpaired) electrons. The average molecular weight is 229 g/mol. The Balaban J connectivity index is 2.29. The third kappa shape index (κ3) is 2.07. The Labute approximate surface area is 92.5 Å². The van der Waals surface area contributed by atoms with Gasteiger partial charge < -0.3 is 5.73 Å². The molecule has 1 aromatic rings. The smallest absolute Gasteiger partial charge is 0.323 e. The van der Waals surface area contributed by atoms with Gasteiger partial charge in [0.05, 0.1) is 5.56 Å². The van der Waals surface area contributed by atoms with Crippen LogP contribution < -0.4 is 5.73 Å². The fourth-order valence-electron chi connectivity index (χ4n) is 1.82. The van der Waals surface area contributed by atoms with Gasteiger partial charge >= 0.3 is 6.18 Å². The van der Waals surface area contributed by atoms with E-state index in [0.29, 0.717) is 5.56 Å². The molecule has 0 heterocycles. The third-order valence-electron chi connectivity index (χ3n) is 3.36. The van der Waals surface area contributed by atoms with E-state index in [2.05, 4.69) is 0 Å². The predicted molar refractivity (Wildman–Crippen MR) is 55.7 cm³/mol. The molecule has 0 bridgehead atoms. The molecule has 2 N–H and O–H groups in total. The van der Waals surface area contributed by atoms with Gasteiger partial charge in [-0.05, 0) is 36.0 Å². The lowest BCUT2D eigenvalue weighted by molar-refractivity contribution is -0.137. The summed E-state index contributed by atoms with van der Waals surface area (Å²) in [6.45, 7) is 2.01. The van der Waals surface area contributed by atoms with Crippen molar-refractivity contribution in [3.63, 3.8) is 0 Å². The van der Waals surface area contributed by atoms with Crippen molar-refractivity contribution in [3.8, 4) is 0 Å². The molecule has 2 rings (SSSR count). The van der Waals surface area contributed by atoms with Crippen LogP contribution in [0.4, 0.5) is 13.2 Å². The fraction of sp³-hybridized carbons (Fsp3) is 0.500. The van der Waals surface area contributed by atoms with Gasteiger partial charge in [-0.15, -0.1) is 0 Å². The van der Waals surface area contributed by atoms with E-state index in [-0.39, 0.29) is 11.5 Å². The van der Waals surface area contributed by atoms with Gasteiger partial charge in [0.2, 0.25) is 0 Å². The number of halogens is 3. The predicted octanol–water partition coefficient (Wildman–Crippen LogP) is 3.51. The Morgan fingerprint density at radius 1 is 1.31 bits per heavy atom. The van der Waals surface area contributed by atoms with Crippen LogP contribution in [0.2, 0.25) is 0 Å². The third-order valence-corrected chi connectivity index (χ3v) is 3.36. The highest BCUT2D eigenvalue weighted by molar-refractivity contribution is 5.30. The Kier molecular flexibility index (Phi) is 2.49. The number of alkyl halides is 3. The molecule has 1 aliphatic rings. The molecule has 1 fully saturated rings. The van der Waals surface area contributed by atoms with Gasteiger partial charge in [0, 0.05) is 6.04 Å². The van der Waals surface area contributed by atoms with Crippen LogP contribution >= 0.6 is 0 Å². The number of nitrogens with two attached hydrogens (primary N) is 1. The molecule has 88 valence electrons. The highest BCUT2D eigenvalue weighted by Crippen LogP contribution is 2.53. The van der Waals surface area contributed by atoms with E-state index in [1.807, 2.05) is 6.92 Å². The van der Waals surface area contributed by atoms with Crippen LogP contribution in [0.3, 0.4) is 0 Å². The topological polar surface area (TPSA) is 26.0 Å². The van der Waals surface area contributed by atoms with Crippen molar-refractivity contribution < 1.29 is 13.2 Å². The van der Waals surface area contributed by atoms with Crippen molar-refractivity contribution in [2.24, 2.45) is 11.1 Å². The second kappa shape index (κ2) is 3.48. The van der Waals surface area contributed by atoms with Gasteiger partial charge in [-0.2, -0.15) is 13.2 Å². The van der Waals surface area contributed by atoms with Crippen LogP contribution in [0.25, 0.3) is 0 Å². The summed E-state index contributed by atoms with van der Waals surface area (Å²) in [6.07, 6.45) is -2.31. The van der Waals surface area contributed by atoms with Crippen LogP contribution in [0, 0.1) is 5.41 Å². The number of hydrogen-bond acceptors (Lipinski definition) is 1. The summed E-state index contributed by atoms with van der Waals surface area (Å²) < 4.78 is 37.5. The molecule has 1 aliphatic carbocycles. The first-order valence-corrected chi connectivity index (χ1v) is 5.26. The first-order chi connectivity index (χ1) is 7.33. The average Bonchev–Trinajstić information content (AvgIpc) is 2.96. The van der Waals surface area contributed by atoms with Gasteiger partial charge in [-0.1, -0.05) is 19.1 Å². The molecule has 1 saturated carbocycles. The molecule has 16 heavy (non-hydrogen) atoms. The highest BCUT2D eigenvalue weighted by atomic mass is 19.4. The standard InChI is InChI=1S/C12H14F3N/c1-11(5-6-11)10(16)8-3-2-4-9(7-8)12(13,14)15/h2-4,7,10H,5-6,16H2,1H3. The summed E-state index contributed by atoms with van der Waals surface area (Å²) in [5.41, 5.74) is 5.93. The van der Waals surface area contributed by atoms with E-state index in [0.717, 1.165) is 25.0 Å². The number of rotatable bonds is 2.